The van der Waals surface area contributed by atoms with Gasteiger partial charge in [0.15, 0.2) is 5.96 Å². The van der Waals surface area contributed by atoms with Crippen LogP contribution in [-0.2, 0) is 9.53 Å². The molecule has 0 bridgehead atoms. The second-order valence-corrected chi connectivity index (χ2v) is 6.97. The van der Waals surface area contributed by atoms with E-state index in [9.17, 15) is 9.18 Å². The first-order valence-corrected chi connectivity index (χ1v) is 9.50. The minimum absolute atomic E-state index is 0.0203. The Balaban J connectivity index is 1.92. The molecule has 0 amide bonds. The van der Waals surface area contributed by atoms with Gasteiger partial charge in [0.2, 0.25) is 0 Å². The second kappa shape index (κ2) is 10.3. The molecule has 1 unspecified atom stereocenters. The Morgan fingerprint density at radius 3 is 2.48 bits per heavy atom. The minimum Gasteiger partial charge on any atom is -0.466 e. The molecule has 1 aromatic carbocycles. The standard InChI is InChI=1S/C20H31FN4O2/c1-5-27-19(26)16-10-12-25(13-11-16)20(22-2)23-14-18(24(3)4)15-6-8-17(21)9-7-15/h6-9,16,18H,5,10-14H2,1-4H3,(H,22,23). The van der Waals surface area contributed by atoms with Gasteiger partial charge in [0.05, 0.1) is 18.6 Å². The van der Waals surface area contributed by atoms with E-state index < -0.39 is 0 Å². The molecular formula is C20H31FN4O2. The number of benzene rings is 1. The summed E-state index contributed by atoms with van der Waals surface area (Å²) in [4.78, 5) is 20.6. The van der Waals surface area contributed by atoms with E-state index in [1.54, 1.807) is 7.05 Å². The quantitative estimate of drug-likeness (QED) is 0.468. The first-order valence-electron chi connectivity index (χ1n) is 9.50. The number of hydrogen-bond donors (Lipinski definition) is 1. The van der Waals surface area contributed by atoms with Crippen molar-refractivity contribution in [3.8, 4) is 0 Å². The average Bonchev–Trinajstić information content (AvgIpc) is 2.66. The van der Waals surface area contributed by atoms with Gasteiger partial charge in [-0.1, -0.05) is 12.1 Å². The third-order valence-corrected chi connectivity index (χ3v) is 4.96. The van der Waals surface area contributed by atoms with Crippen molar-refractivity contribution < 1.29 is 13.9 Å². The Labute approximate surface area is 161 Å². The number of carbonyl (C=O) groups excluding carboxylic acids is 1. The van der Waals surface area contributed by atoms with Gasteiger partial charge in [-0.25, -0.2) is 4.39 Å². The first kappa shape index (κ1) is 21.2. The molecule has 1 heterocycles. The summed E-state index contributed by atoms with van der Waals surface area (Å²) in [6.45, 7) is 4.46. The van der Waals surface area contributed by atoms with Gasteiger partial charge in [0, 0.05) is 26.7 Å². The van der Waals surface area contributed by atoms with Gasteiger partial charge in [-0.3, -0.25) is 9.79 Å². The summed E-state index contributed by atoms with van der Waals surface area (Å²) in [5, 5.41) is 3.43. The van der Waals surface area contributed by atoms with Crippen molar-refractivity contribution in [2.45, 2.75) is 25.8 Å². The molecule has 1 N–H and O–H groups in total. The maximum absolute atomic E-state index is 13.2. The van der Waals surface area contributed by atoms with E-state index in [1.807, 2.05) is 33.2 Å². The lowest BCUT2D eigenvalue weighted by atomic mass is 9.97. The molecule has 150 valence electrons. The van der Waals surface area contributed by atoms with Gasteiger partial charge in [0.1, 0.15) is 5.82 Å². The van der Waals surface area contributed by atoms with Gasteiger partial charge in [0.25, 0.3) is 0 Å². The van der Waals surface area contributed by atoms with Crippen LogP contribution < -0.4 is 5.32 Å². The summed E-state index contributed by atoms with van der Waals surface area (Å²) < 4.78 is 18.3. The zero-order valence-electron chi connectivity index (χ0n) is 16.7. The van der Waals surface area contributed by atoms with Crippen molar-refractivity contribution in [3.63, 3.8) is 0 Å². The molecule has 0 aromatic heterocycles. The smallest absolute Gasteiger partial charge is 0.309 e. The van der Waals surface area contributed by atoms with Gasteiger partial charge >= 0.3 is 5.97 Å². The number of hydrogen-bond acceptors (Lipinski definition) is 4. The van der Waals surface area contributed by atoms with Crippen molar-refractivity contribution in [3.05, 3.63) is 35.6 Å². The number of halogens is 1. The van der Waals surface area contributed by atoms with E-state index in [2.05, 4.69) is 20.1 Å². The largest absolute Gasteiger partial charge is 0.466 e. The van der Waals surface area contributed by atoms with Crippen LogP contribution in [0.25, 0.3) is 0 Å². The Morgan fingerprint density at radius 2 is 1.96 bits per heavy atom. The number of guanidine groups is 1. The number of esters is 1. The number of aliphatic imine (C=N–C) groups is 1. The summed E-state index contributed by atoms with van der Waals surface area (Å²) in [5.74, 6) is 0.480. The molecule has 27 heavy (non-hydrogen) atoms. The van der Waals surface area contributed by atoms with Crippen LogP contribution >= 0.6 is 0 Å². The van der Waals surface area contributed by atoms with E-state index in [0.29, 0.717) is 13.2 Å². The lowest BCUT2D eigenvalue weighted by Gasteiger charge is -2.34. The SMILES string of the molecule is CCOC(=O)C1CCN(C(=NC)NCC(c2ccc(F)cc2)N(C)C)CC1. The molecule has 0 aliphatic carbocycles. The Morgan fingerprint density at radius 1 is 1.33 bits per heavy atom. The Kier molecular flexibility index (Phi) is 8.03. The molecule has 1 aliphatic heterocycles. The molecule has 1 aliphatic rings. The Bertz CT molecular complexity index is 625. The highest BCUT2D eigenvalue weighted by atomic mass is 19.1. The summed E-state index contributed by atoms with van der Waals surface area (Å²) in [6, 6.07) is 6.70. The minimum atomic E-state index is -0.232. The molecule has 1 atom stereocenters. The van der Waals surface area contributed by atoms with Crippen LogP contribution in [0.3, 0.4) is 0 Å². The van der Waals surface area contributed by atoms with Crippen molar-refractivity contribution in [2.75, 3.05) is 47.4 Å². The molecule has 1 aromatic rings. The Hall–Kier alpha value is -2.15. The van der Waals surface area contributed by atoms with Crippen molar-refractivity contribution in [1.29, 1.82) is 0 Å². The molecule has 6 nitrogen and oxygen atoms in total. The van der Waals surface area contributed by atoms with E-state index >= 15 is 0 Å². The van der Waals surface area contributed by atoms with Crippen LogP contribution in [0.1, 0.15) is 31.4 Å². The topological polar surface area (TPSA) is 57.2 Å². The summed E-state index contributed by atoms with van der Waals surface area (Å²) in [7, 11) is 5.77. The number of carbonyl (C=O) groups is 1. The highest BCUT2D eigenvalue weighted by Gasteiger charge is 2.27. The fourth-order valence-corrected chi connectivity index (χ4v) is 3.39. The van der Waals surface area contributed by atoms with E-state index in [4.69, 9.17) is 4.74 Å². The second-order valence-electron chi connectivity index (χ2n) is 6.97. The summed E-state index contributed by atoms with van der Waals surface area (Å²) >= 11 is 0. The molecule has 2 rings (SSSR count). The highest BCUT2D eigenvalue weighted by Crippen LogP contribution is 2.20. The predicted molar refractivity (Wildman–Crippen MR) is 105 cm³/mol. The lowest BCUT2D eigenvalue weighted by molar-refractivity contribution is -0.149. The summed E-state index contributed by atoms with van der Waals surface area (Å²) in [6.07, 6.45) is 1.54. The molecule has 7 heteroatoms. The van der Waals surface area contributed by atoms with E-state index in [1.165, 1.54) is 12.1 Å². The van der Waals surface area contributed by atoms with Crippen LogP contribution in [0, 0.1) is 11.7 Å². The number of nitrogens with zero attached hydrogens (tertiary/aromatic N) is 3. The predicted octanol–water partition coefficient (Wildman–Crippen LogP) is 2.28. The number of likely N-dealkylation sites (tertiary alicyclic amines) is 1. The molecular weight excluding hydrogens is 347 g/mol. The first-order chi connectivity index (χ1) is 13.0. The number of piperidine rings is 1. The van der Waals surface area contributed by atoms with Crippen LogP contribution in [0.4, 0.5) is 4.39 Å². The van der Waals surface area contributed by atoms with E-state index in [-0.39, 0.29) is 23.7 Å². The molecule has 0 spiro atoms. The maximum atomic E-state index is 13.2. The van der Waals surface area contributed by atoms with Crippen LogP contribution in [0.5, 0.6) is 0 Å². The molecule has 0 saturated carbocycles. The number of nitrogens with one attached hydrogen (secondary N) is 1. The van der Waals surface area contributed by atoms with Gasteiger partial charge < -0.3 is 19.9 Å². The fourth-order valence-electron chi connectivity index (χ4n) is 3.39. The number of ether oxygens (including phenoxy) is 1. The zero-order valence-corrected chi connectivity index (χ0v) is 16.7. The van der Waals surface area contributed by atoms with Gasteiger partial charge in [-0.05, 0) is 51.6 Å². The maximum Gasteiger partial charge on any atom is 0.309 e. The zero-order chi connectivity index (χ0) is 19.8. The number of likely N-dealkylation sites (N-methyl/N-ethyl adjacent to an activating group) is 1. The molecule has 1 saturated heterocycles. The normalized spacial score (nSPS) is 17.1. The van der Waals surface area contributed by atoms with Crippen LogP contribution in [0.15, 0.2) is 29.3 Å². The third kappa shape index (κ3) is 5.92. The van der Waals surface area contributed by atoms with Crippen molar-refractivity contribution in [1.82, 2.24) is 15.1 Å². The highest BCUT2D eigenvalue weighted by molar-refractivity contribution is 5.80. The van der Waals surface area contributed by atoms with Gasteiger partial charge in [-0.15, -0.1) is 0 Å². The monoisotopic (exact) mass is 378 g/mol. The van der Waals surface area contributed by atoms with E-state index in [0.717, 1.165) is 37.5 Å². The van der Waals surface area contributed by atoms with Crippen LogP contribution in [-0.4, -0.2) is 69.1 Å². The summed E-state index contributed by atoms with van der Waals surface area (Å²) in [5.41, 5.74) is 1.05. The number of rotatable bonds is 6. The average molecular weight is 378 g/mol. The third-order valence-electron chi connectivity index (χ3n) is 4.96. The molecule has 0 radical (unpaired) electrons. The lowest BCUT2D eigenvalue weighted by Crippen LogP contribution is -2.48. The fraction of sp³-hybridized carbons (Fsp3) is 0.600. The van der Waals surface area contributed by atoms with Crippen molar-refractivity contribution >= 4 is 11.9 Å². The van der Waals surface area contributed by atoms with Crippen LogP contribution in [0.2, 0.25) is 0 Å². The van der Waals surface area contributed by atoms with Crippen molar-refractivity contribution in [2.24, 2.45) is 10.9 Å². The van der Waals surface area contributed by atoms with Gasteiger partial charge in [-0.2, -0.15) is 0 Å². The molecule has 1 fully saturated rings.